The molecule has 2 aromatic carbocycles. The third kappa shape index (κ3) is 5.26. The van der Waals surface area contributed by atoms with Gasteiger partial charge in [0.15, 0.2) is 6.10 Å². The molecule has 0 saturated carbocycles. The Labute approximate surface area is 164 Å². The van der Waals surface area contributed by atoms with E-state index >= 15 is 0 Å². The molecule has 27 heavy (non-hydrogen) atoms. The third-order valence-corrected chi connectivity index (χ3v) is 5.39. The molecular formula is C21H24N2O3S. The molecule has 0 spiro atoms. The maximum Gasteiger partial charge on any atom is 0.267 e. The van der Waals surface area contributed by atoms with Gasteiger partial charge in [-0.25, -0.2) is 0 Å². The zero-order chi connectivity index (χ0) is 19.1. The number of benzene rings is 2. The Morgan fingerprint density at radius 1 is 1.15 bits per heavy atom. The van der Waals surface area contributed by atoms with E-state index in [0.29, 0.717) is 18.8 Å². The zero-order valence-electron chi connectivity index (χ0n) is 15.4. The van der Waals surface area contributed by atoms with Gasteiger partial charge in [0.2, 0.25) is 5.91 Å². The first-order chi connectivity index (χ1) is 13.1. The summed E-state index contributed by atoms with van der Waals surface area (Å²) in [5.41, 5.74) is 0.729. The topological polar surface area (TPSA) is 58.6 Å². The average molecular weight is 385 g/mol. The molecule has 6 heteroatoms. The molecule has 1 heterocycles. The van der Waals surface area contributed by atoms with Crippen molar-refractivity contribution >= 4 is 29.3 Å². The van der Waals surface area contributed by atoms with Crippen molar-refractivity contribution in [2.75, 3.05) is 23.7 Å². The number of ether oxygens (including phenoxy) is 1. The first kappa shape index (κ1) is 19.3. The average Bonchev–Trinajstić information content (AvgIpc) is 2.69. The number of carbonyl (C=O) groups is 2. The lowest BCUT2D eigenvalue weighted by molar-refractivity contribution is -0.125. The Balaban J connectivity index is 1.40. The number of nitrogens with zero attached hydrogens (tertiary/aromatic N) is 1. The van der Waals surface area contributed by atoms with Gasteiger partial charge in [-0.1, -0.05) is 30.3 Å². The Bertz CT molecular complexity index is 782. The number of thioether (sulfide) groups is 1. The lowest BCUT2D eigenvalue weighted by atomic mass is 10.1. The van der Waals surface area contributed by atoms with Crippen molar-refractivity contribution in [1.29, 1.82) is 0 Å². The number of amides is 2. The second kappa shape index (κ2) is 9.46. The minimum absolute atomic E-state index is 0.0378. The van der Waals surface area contributed by atoms with Crippen molar-refractivity contribution in [1.82, 2.24) is 5.32 Å². The number of rotatable bonds is 8. The van der Waals surface area contributed by atoms with Crippen LogP contribution >= 0.6 is 11.8 Å². The highest BCUT2D eigenvalue weighted by Gasteiger charge is 2.31. The maximum absolute atomic E-state index is 12.4. The van der Waals surface area contributed by atoms with E-state index < -0.39 is 6.10 Å². The normalized spacial score (nSPS) is 15.8. The fourth-order valence-corrected chi connectivity index (χ4v) is 3.77. The van der Waals surface area contributed by atoms with Crippen LogP contribution in [-0.2, 0) is 9.59 Å². The number of para-hydroxylation sites is 2. The monoisotopic (exact) mass is 384 g/mol. The first-order valence-corrected chi connectivity index (χ1v) is 10.2. The van der Waals surface area contributed by atoms with E-state index in [4.69, 9.17) is 4.74 Å². The van der Waals surface area contributed by atoms with Gasteiger partial charge in [0, 0.05) is 24.4 Å². The molecule has 1 aliphatic heterocycles. The summed E-state index contributed by atoms with van der Waals surface area (Å²) in [7, 11) is 0. The van der Waals surface area contributed by atoms with Crippen molar-refractivity contribution in [2.24, 2.45) is 0 Å². The van der Waals surface area contributed by atoms with Crippen LogP contribution in [0.2, 0.25) is 0 Å². The lowest BCUT2D eigenvalue weighted by Crippen LogP contribution is -2.45. The number of fused-ring (bicyclic) bond motifs is 1. The highest BCUT2D eigenvalue weighted by molar-refractivity contribution is 7.99. The first-order valence-electron chi connectivity index (χ1n) is 9.17. The summed E-state index contributed by atoms with van der Waals surface area (Å²) in [4.78, 5) is 27.4. The van der Waals surface area contributed by atoms with Crippen molar-refractivity contribution in [2.45, 2.75) is 30.8 Å². The summed E-state index contributed by atoms with van der Waals surface area (Å²) in [5.74, 6) is 1.49. The van der Waals surface area contributed by atoms with Crippen LogP contribution in [0, 0.1) is 0 Å². The Morgan fingerprint density at radius 2 is 1.89 bits per heavy atom. The number of nitrogens with one attached hydrogen (secondary N) is 1. The highest BCUT2D eigenvalue weighted by atomic mass is 32.2. The largest absolute Gasteiger partial charge is 0.479 e. The number of carbonyl (C=O) groups excluding carboxylic acids is 2. The van der Waals surface area contributed by atoms with Crippen molar-refractivity contribution in [3.05, 3.63) is 54.6 Å². The number of hydrogen-bond donors (Lipinski definition) is 1. The molecule has 1 N–H and O–H groups in total. The summed E-state index contributed by atoms with van der Waals surface area (Å²) in [6.07, 6.45) is 0.651. The molecule has 3 rings (SSSR count). The molecule has 0 aliphatic carbocycles. The SMILES string of the molecule is CC1Oc2ccccc2N(CCC(=O)NCCCSc2ccccc2)C1=O. The van der Waals surface area contributed by atoms with Gasteiger partial charge in [-0.05, 0) is 43.4 Å². The Hall–Kier alpha value is -2.47. The molecular weight excluding hydrogens is 360 g/mol. The summed E-state index contributed by atoms with van der Waals surface area (Å²) in [5, 5.41) is 2.94. The predicted octanol–water partition coefficient (Wildman–Crippen LogP) is 3.49. The van der Waals surface area contributed by atoms with Crippen LogP contribution in [0.5, 0.6) is 5.75 Å². The zero-order valence-corrected chi connectivity index (χ0v) is 16.2. The molecule has 0 saturated heterocycles. The van der Waals surface area contributed by atoms with Crippen LogP contribution in [0.15, 0.2) is 59.5 Å². The summed E-state index contributed by atoms with van der Waals surface area (Å²) >= 11 is 1.78. The summed E-state index contributed by atoms with van der Waals surface area (Å²) < 4.78 is 5.62. The smallest absolute Gasteiger partial charge is 0.267 e. The molecule has 1 atom stereocenters. The Kier molecular flexibility index (Phi) is 6.76. The number of anilines is 1. The van der Waals surface area contributed by atoms with Gasteiger partial charge in [-0.3, -0.25) is 9.59 Å². The van der Waals surface area contributed by atoms with E-state index in [1.807, 2.05) is 42.5 Å². The van der Waals surface area contributed by atoms with Gasteiger partial charge in [0.1, 0.15) is 5.75 Å². The fourth-order valence-electron chi connectivity index (χ4n) is 2.90. The second-order valence-electron chi connectivity index (χ2n) is 6.33. The molecule has 0 radical (unpaired) electrons. The van der Waals surface area contributed by atoms with Crippen molar-refractivity contribution in [3.8, 4) is 5.75 Å². The van der Waals surface area contributed by atoms with Crippen LogP contribution in [0.4, 0.5) is 5.69 Å². The van der Waals surface area contributed by atoms with E-state index in [1.165, 1.54) is 4.90 Å². The molecule has 2 aromatic rings. The highest BCUT2D eigenvalue weighted by Crippen LogP contribution is 2.33. The van der Waals surface area contributed by atoms with Crippen molar-refractivity contribution in [3.63, 3.8) is 0 Å². The molecule has 1 unspecified atom stereocenters. The van der Waals surface area contributed by atoms with Crippen LogP contribution in [0.3, 0.4) is 0 Å². The van der Waals surface area contributed by atoms with E-state index in [-0.39, 0.29) is 18.2 Å². The van der Waals surface area contributed by atoms with E-state index in [9.17, 15) is 9.59 Å². The minimum Gasteiger partial charge on any atom is -0.479 e. The predicted molar refractivity (Wildman–Crippen MR) is 108 cm³/mol. The van der Waals surface area contributed by atoms with E-state index in [2.05, 4.69) is 17.4 Å². The lowest BCUT2D eigenvalue weighted by Gasteiger charge is -2.32. The second-order valence-corrected chi connectivity index (χ2v) is 7.50. The maximum atomic E-state index is 12.4. The molecule has 5 nitrogen and oxygen atoms in total. The van der Waals surface area contributed by atoms with Gasteiger partial charge < -0.3 is 15.0 Å². The Morgan fingerprint density at radius 3 is 2.70 bits per heavy atom. The van der Waals surface area contributed by atoms with Crippen LogP contribution < -0.4 is 15.0 Å². The molecule has 1 aliphatic rings. The number of hydrogen-bond acceptors (Lipinski definition) is 4. The fraction of sp³-hybridized carbons (Fsp3) is 0.333. The minimum atomic E-state index is -0.530. The van der Waals surface area contributed by atoms with Crippen molar-refractivity contribution < 1.29 is 14.3 Å². The third-order valence-electron chi connectivity index (χ3n) is 4.29. The van der Waals surface area contributed by atoms with Gasteiger partial charge >= 0.3 is 0 Å². The van der Waals surface area contributed by atoms with Crippen LogP contribution in [0.1, 0.15) is 19.8 Å². The summed E-state index contributed by atoms with van der Waals surface area (Å²) in [6, 6.07) is 17.6. The van der Waals surface area contributed by atoms with Gasteiger partial charge in [-0.15, -0.1) is 11.8 Å². The van der Waals surface area contributed by atoms with E-state index in [0.717, 1.165) is 17.9 Å². The summed E-state index contributed by atoms with van der Waals surface area (Å²) in [6.45, 7) is 2.73. The molecule has 142 valence electrons. The van der Waals surface area contributed by atoms with Gasteiger partial charge in [0.25, 0.3) is 5.91 Å². The molecule has 0 fully saturated rings. The quantitative estimate of drug-likeness (QED) is 0.559. The van der Waals surface area contributed by atoms with Gasteiger partial charge in [-0.2, -0.15) is 0 Å². The molecule has 2 amide bonds. The molecule has 0 bridgehead atoms. The standard InChI is InChI=1S/C21H24N2O3S/c1-16-21(25)23(18-10-5-6-11-19(18)26-16)14-12-20(24)22-13-7-15-27-17-8-3-2-4-9-17/h2-6,8-11,16H,7,12-15H2,1H3,(H,22,24). The van der Waals surface area contributed by atoms with E-state index in [1.54, 1.807) is 23.6 Å². The van der Waals surface area contributed by atoms with Gasteiger partial charge in [0.05, 0.1) is 5.69 Å². The van der Waals surface area contributed by atoms with Crippen LogP contribution in [0.25, 0.3) is 0 Å². The van der Waals surface area contributed by atoms with Crippen LogP contribution in [-0.4, -0.2) is 36.8 Å². The molecule has 0 aromatic heterocycles.